The summed E-state index contributed by atoms with van der Waals surface area (Å²) < 4.78 is 5.36. The number of methoxy groups -OCH3 is 1. The summed E-state index contributed by atoms with van der Waals surface area (Å²) in [5.74, 6) is 3.03. The molecule has 2 N–H and O–H groups in total. The van der Waals surface area contributed by atoms with E-state index in [1.807, 2.05) is 37.3 Å². The minimum Gasteiger partial charge on any atom is -0.496 e. The summed E-state index contributed by atoms with van der Waals surface area (Å²) in [7, 11) is 1.68. The van der Waals surface area contributed by atoms with Gasteiger partial charge in [0, 0.05) is 30.4 Å². The molecule has 1 heterocycles. The number of nitrogens with one attached hydrogen (secondary N) is 2. The Hall–Kier alpha value is -2.30. The average Bonchev–Trinajstić information content (AvgIpc) is 2.52. The van der Waals surface area contributed by atoms with Crippen molar-refractivity contribution in [1.82, 2.24) is 9.97 Å². The van der Waals surface area contributed by atoms with Crippen LogP contribution in [-0.2, 0) is 6.54 Å². The summed E-state index contributed by atoms with van der Waals surface area (Å²) in [6.07, 6.45) is 1.12. The fourth-order valence-electron chi connectivity index (χ4n) is 2.25. The molecule has 0 saturated carbocycles. The van der Waals surface area contributed by atoms with Crippen molar-refractivity contribution < 1.29 is 4.74 Å². The highest BCUT2D eigenvalue weighted by Crippen LogP contribution is 2.18. The maximum absolute atomic E-state index is 5.36. The molecule has 0 spiro atoms. The molecule has 2 rings (SSSR count). The van der Waals surface area contributed by atoms with E-state index in [1.165, 1.54) is 0 Å². The van der Waals surface area contributed by atoms with Crippen molar-refractivity contribution in [2.75, 3.05) is 24.3 Å². The molecular weight excluding hydrogens is 288 g/mol. The van der Waals surface area contributed by atoms with E-state index in [9.17, 15) is 0 Å². The number of anilines is 2. The number of ether oxygens (including phenoxy) is 1. The molecule has 124 valence electrons. The third-order valence-electron chi connectivity index (χ3n) is 3.51. The number of para-hydroxylation sites is 1. The van der Waals surface area contributed by atoms with Gasteiger partial charge in [-0.3, -0.25) is 0 Å². The molecule has 23 heavy (non-hydrogen) atoms. The number of nitrogens with zero attached hydrogens (tertiary/aromatic N) is 2. The fourth-order valence-corrected chi connectivity index (χ4v) is 2.25. The van der Waals surface area contributed by atoms with Crippen LogP contribution < -0.4 is 15.4 Å². The number of hydrogen-bond donors (Lipinski definition) is 2. The Bertz CT molecular complexity index is 628. The zero-order valence-electron chi connectivity index (χ0n) is 14.4. The second kappa shape index (κ2) is 8.36. The summed E-state index contributed by atoms with van der Waals surface area (Å²) in [6, 6.07) is 9.91. The number of aryl methyl sites for hydroxylation is 1. The maximum atomic E-state index is 5.36. The van der Waals surface area contributed by atoms with Crippen LogP contribution in [-0.4, -0.2) is 23.6 Å². The lowest BCUT2D eigenvalue weighted by Crippen LogP contribution is -2.10. The largest absolute Gasteiger partial charge is 0.496 e. The van der Waals surface area contributed by atoms with E-state index in [2.05, 4.69) is 34.4 Å². The van der Waals surface area contributed by atoms with Gasteiger partial charge in [-0.25, -0.2) is 4.98 Å². The SMILES string of the molecule is COc1ccccc1CNc1nc(C)cc(NCCC(C)C)n1. The Morgan fingerprint density at radius 1 is 1.13 bits per heavy atom. The van der Waals surface area contributed by atoms with Crippen molar-refractivity contribution in [2.45, 2.75) is 33.7 Å². The topological polar surface area (TPSA) is 59.1 Å². The summed E-state index contributed by atoms with van der Waals surface area (Å²) in [4.78, 5) is 8.97. The van der Waals surface area contributed by atoms with Crippen molar-refractivity contribution >= 4 is 11.8 Å². The van der Waals surface area contributed by atoms with Gasteiger partial charge in [0.1, 0.15) is 11.6 Å². The molecule has 0 aliphatic rings. The van der Waals surface area contributed by atoms with Gasteiger partial charge in [-0.15, -0.1) is 0 Å². The van der Waals surface area contributed by atoms with Crippen molar-refractivity contribution in [3.63, 3.8) is 0 Å². The van der Waals surface area contributed by atoms with E-state index >= 15 is 0 Å². The number of rotatable bonds is 8. The molecule has 0 unspecified atom stereocenters. The van der Waals surface area contributed by atoms with Crippen LogP contribution in [0.15, 0.2) is 30.3 Å². The van der Waals surface area contributed by atoms with Gasteiger partial charge in [-0.05, 0) is 25.3 Å². The van der Waals surface area contributed by atoms with Gasteiger partial charge in [-0.1, -0.05) is 32.0 Å². The third kappa shape index (κ3) is 5.43. The Morgan fingerprint density at radius 2 is 1.91 bits per heavy atom. The lowest BCUT2D eigenvalue weighted by Gasteiger charge is -2.12. The average molecular weight is 314 g/mol. The quantitative estimate of drug-likeness (QED) is 0.774. The predicted molar refractivity (Wildman–Crippen MR) is 95.0 cm³/mol. The minimum atomic E-state index is 0.624. The van der Waals surface area contributed by atoms with Crippen LogP contribution in [0.2, 0.25) is 0 Å². The molecule has 2 aromatic rings. The van der Waals surface area contributed by atoms with Crippen LogP contribution in [0.4, 0.5) is 11.8 Å². The molecule has 0 saturated heterocycles. The maximum Gasteiger partial charge on any atom is 0.225 e. The van der Waals surface area contributed by atoms with E-state index in [4.69, 9.17) is 4.74 Å². The highest BCUT2D eigenvalue weighted by molar-refractivity contribution is 5.43. The third-order valence-corrected chi connectivity index (χ3v) is 3.51. The molecule has 0 amide bonds. The van der Waals surface area contributed by atoms with E-state index in [0.29, 0.717) is 18.4 Å². The first-order chi connectivity index (χ1) is 11.1. The van der Waals surface area contributed by atoms with Gasteiger partial charge in [0.05, 0.1) is 7.11 Å². The lowest BCUT2D eigenvalue weighted by atomic mass is 10.1. The Kier molecular flexibility index (Phi) is 6.20. The Balaban J connectivity index is 2.00. The monoisotopic (exact) mass is 314 g/mol. The molecule has 0 atom stereocenters. The number of hydrogen-bond acceptors (Lipinski definition) is 5. The molecule has 0 aliphatic heterocycles. The summed E-state index contributed by atoms with van der Waals surface area (Å²) in [6.45, 7) is 7.95. The summed E-state index contributed by atoms with van der Waals surface area (Å²) in [5, 5.41) is 6.64. The van der Waals surface area contributed by atoms with Crippen LogP contribution in [0.1, 0.15) is 31.5 Å². The van der Waals surface area contributed by atoms with Gasteiger partial charge < -0.3 is 15.4 Å². The van der Waals surface area contributed by atoms with Gasteiger partial charge in [0.2, 0.25) is 5.95 Å². The highest BCUT2D eigenvalue weighted by Gasteiger charge is 2.05. The molecule has 0 aliphatic carbocycles. The van der Waals surface area contributed by atoms with E-state index in [0.717, 1.165) is 35.8 Å². The van der Waals surface area contributed by atoms with Crippen LogP contribution in [0.3, 0.4) is 0 Å². The number of benzene rings is 1. The summed E-state index contributed by atoms with van der Waals surface area (Å²) >= 11 is 0. The first-order valence-electron chi connectivity index (χ1n) is 8.04. The molecule has 0 bridgehead atoms. The predicted octanol–water partition coefficient (Wildman–Crippen LogP) is 3.86. The van der Waals surface area contributed by atoms with Crippen LogP contribution in [0.5, 0.6) is 5.75 Å². The molecular formula is C18H26N4O. The van der Waals surface area contributed by atoms with E-state index < -0.39 is 0 Å². The molecule has 0 radical (unpaired) electrons. The Morgan fingerprint density at radius 3 is 2.65 bits per heavy atom. The molecule has 5 heteroatoms. The lowest BCUT2D eigenvalue weighted by molar-refractivity contribution is 0.410. The van der Waals surface area contributed by atoms with Gasteiger partial charge in [-0.2, -0.15) is 4.98 Å². The molecule has 1 aromatic carbocycles. The highest BCUT2D eigenvalue weighted by atomic mass is 16.5. The van der Waals surface area contributed by atoms with Gasteiger partial charge in [0.25, 0.3) is 0 Å². The fraction of sp³-hybridized carbons (Fsp3) is 0.444. The van der Waals surface area contributed by atoms with Crippen LogP contribution in [0.25, 0.3) is 0 Å². The second-order valence-corrected chi connectivity index (χ2v) is 5.99. The standard InChI is InChI=1S/C18H26N4O/c1-13(2)9-10-19-17-11-14(3)21-18(22-17)20-12-15-7-5-6-8-16(15)23-4/h5-8,11,13H,9-10,12H2,1-4H3,(H2,19,20,21,22). The van der Waals surface area contributed by atoms with Crippen LogP contribution >= 0.6 is 0 Å². The van der Waals surface area contributed by atoms with Gasteiger partial charge in [0.15, 0.2) is 0 Å². The van der Waals surface area contributed by atoms with E-state index in [1.54, 1.807) is 7.11 Å². The Labute approximate surface area is 138 Å². The van der Waals surface area contributed by atoms with Crippen molar-refractivity contribution in [3.8, 4) is 5.75 Å². The first kappa shape index (κ1) is 17.1. The zero-order valence-corrected chi connectivity index (χ0v) is 14.4. The smallest absolute Gasteiger partial charge is 0.225 e. The van der Waals surface area contributed by atoms with E-state index in [-0.39, 0.29) is 0 Å². The van der Waals surface area contributed by atoms with Crippen LogP contribution in [0, 0.1) is 12.8 Å². The van der Waals surface area contributed by atoms with Gasteiger partial charge >= 0.3 is 0 Å². The minimum absolute atomic E-state index is 0.624. The number of aromatic nitrogens is 2. The normalized spacial score (nSPS) is 10.7. The molecule has 0 fully saturated rings. The second-order valence-electron chi connectivity index (χ2n) is 5.99. The van der Waals surface area contributed by atoms with Crippen molar-refractivity contribution in [2.24, 2.45) is 5.92 Å². The molecule has 5 nitrogen and oxygen atoms in total. The van der Waals surface area contributed by atoms with Crippen molar-refractivity contribution in [1.29, 1.82) is 0 Å². The molecule has 1 aromatic heterocycles. The zero-order chi connectivity index (χ0) is 16.7. The first-order valence-corrected chi connectivity index (χ1v) is 8.04. The van der Waals surface area contributed by atoms with Crippen molar-refractivity contribution in [3.05, 3.63) is 41.6 Å². The summed E-state index contributed by atoms with van der Waals surface area (Å²) in [5.41, 5.74) is 2.02.